The number of hydrogen-bond donors (Lipinski definition) is 2. The summed E-state index contributed by atoms with van der Waals surface area (Å²) < 4.78 is 57.2. The zero-order valence-corrected chi connectivity index (χ0v) is 11.2. The van der Waals surface area contributed by atoms with E-state index in [0.29, 0.717) is 0 Å². The monoisotopic (exact) mass is 319 g/mol. The molecule has 0 saturated carbocycles. The van der Waals surface area contributed by atoms with E-state index in [0.717, 1.165) is 18.2 Å². The lowest BCUT2D eigenvalue weighted by Gasteiger charge is -2.14. The van der Waals surface area contributed by atoms with Crippen LogP contribution in [0.4, 0.5) is 23.4 Å². The van der Waals surface area contributed by atoms with Crippen molar-refractivity contribution in [3.05, 3.63) is 46.0 Å². The van der Waals surface area contributed by atoms with Crippen LogP contribution in [0.15, 0.2) is 24.4 Å². The van der Waals surface area contributed by atoms with Gasteiger partial charge in [0.1, 0.15) is 17.1 Å². The molecule has 0 saturated heterocycles. The zero-order valence-electron chi connectivity index (χ0n) is 10.4. The van der Waals surface area contributed by atoms with Crippen LogP contribution in [0.25, 0.3) is 0 Å². The predicted octanol–water partition coefficient (Wildman–Crippen LogP) is 3.46. The van der Waals surface area contributed by atoms with E-state index in [1.54, 1.807) is 0 Å². The Morgan fingerprint density at radius 1 is 1.33 bits per heavy atom. The summed E-state index contributed by atoms with van der Waals surface area (Å²) in [5, 5.41) is 0. The zero-order chi connectivity index (χ0) is 15.6. The largest absolute Gasteiger partial charge is 0.471 e. The molecular formula is C12H9F4N3OS. The minimum absolute atomic E-state index is 0.0615. The summed E-state index contributed by atoms with van der Waals surface area (Å²) in [6, 6.07) is 3.02. The first-order valence-corrected chi connectivity index (χ1v) is 6.02. The second kappa shape index (κ2) is 5.68. The number of aromatic nitrogens is 2. The van der Waals surface area contributed by atoms with Gasteiger partial charge in [-0.2, -0.15) is 13.2 Å². The number of rotatable bonds is 3. The Morgan fingerprint density at radius 2 is 2.05 bits per heavy atom. The summed E-state index contributed by atoms with van der Waals surface area (Å²) in [6.45, 7) is -0.534. The molecule has 0 fully saturated rings. The van der Waals surface area contributed by atoms with Crippen LogP contribution in [0.3, 0.4) is 0 Å². The molecule has 2 aromatic rings. The maximum Gasteiger partial charge on any atom is 0.419 e. The fourth-order valence-electron chi connectivity index (χ4n) is 1.66. The normalized spacial score (nSPS) is 11.4. The molecular weight excluding hydrogens is 310 g/mol. The van der Waals surface area contributed by atoms with Crippen LogP contribution >= 0.6 is 12.2 Å². The lowest BCUT2D eigenvalue weighted by atomic mass is 10.1. The van der Waals surface area contributed by atoms with E-state index < -0.39 is 24.2 Å². The van der Waals surface area contributed by atoms with Gasteiger partial charge < -0.3 is 15.5 Å². The SMILES string of the molecule is Nc1ncc(=S)[nH]c1OCc1cccc(F)c1C(F)(F)F. The van der Waals surface area contributed by atoms with Gasteiger partial charge in [-0.1, -0.05) is 24.4 Å². The van der Waals surface area contributed by atoms with E-state index in [9.17, 15) is 17.6 Å². The quantitative estimate of drug-likeness (QED) is 0.672. The van der Waals surface area contributed by atoms with Gasteiger partial charge in [0.25, 0.3) is 0 Å². The van der Waals surface area contributed by atoms with Gasteiger partial charge in [0.2, 0.25) is 5.88 Å². The fourth-order valence-corrected chi connectivity index (χ4v) is 1.81. The van der Waals surface area contributed by atoms with Gasteiger partial charge in [0, 0.05) is 5.56 Å². The summed E-state index contributed by atoms with van der Waals surface area (Å²) in [7, 11) is 0. The number of nitrogens with one attached hydrogen (secondary N) is 1. The molecule has 0 amide bonds. The first-order valence-electron chi connectivity index (χ1n) is 5.61. The first-order chi connectivity index (χ1) is 9.79. The van der Waals surface area contributed by atoms with E-state index >= 15 is 0 Å². The Morgan fingerprint density at radius 3 is 2.71 bits per heavy atom. The van der Waals surface area contributed by atoms with Crippen molar-refractivity contribution >= 4 is 18.0 Å². The maximum absolute atomic E-state index is 13.4. The number of nitrogens with two attached hydrogens (primary N) is 1. The highest BCUT2D eigenvalue weighted by molar-refractivity contribution is 7.71. The van der Waals surface area contributed by atoms with Crippen molar-refractivity contribution in [1.29, 1.82) is 0 Å². The van der Waals surface area contributed by atoms with Crippen molar-refractivity contribution in [3.8, 4) is 5.88 Å². The number of nitrogens with zero attached hydrogens (tertiary/aromatic N) is 1. The molecule has 0 spiro atoms. The summed E-state index contributed by atoms with van der Waals surface area (Å²) in [5.74, 6) is -1.50. The molecule has 4 nitrogen and oxygen atoms in total. The predicted molar refractivity (Wildman–Crippen MR) is 69.6 cm³/mol. The third-order valence-electron chi connectivity index (χ3n) is 2.55. The number of aromatic amines is 1. The van der Waals surface area contributed by atoms with Crippen molar-refractivity contribution in [2.75, 3.05) is 5.73 Å². The van der Waals surface area contributed by atoms with Gasteiger partial charge in [0.15, 0.2) is 5.82 Å². The summed E-state index contributed by atoms with van der Waals surface area (Å²) in [6.07, 6.45) is -3.56. The molecule has 2 rings (SSSR count). The molecule has 9 heteroatoms. The van der Waals surface area contributed by atoms with E-state index in [2.05, 4.69) is 9.97 Å². The molecule has 0 atom stereocenters. The minimum Gasteiger partial charge on any atom is -0.471 e. The van der Waals surface area contributed by atoms with Crippen molar-refractivity contribution in [3.63, 3.8) is 0 Å². The first kappa shape index (κ1) is 15.2. The van der Waals surface area contributed by atoms with Gasteiger partial charge in [0.05, 0.1) is 11.8 Å². The van der Waals surface area contributed by atoms with Crippen molar-refractivity contribution in [1.82, 2.24) is 9.97 Å². The summed E-state index contributed by atoms with van der Waals surface area (Å²) in [4.78, 5) is 6.25. The van der Waals surface area contributed by atoms with E-state index in [4.69, 9.17) is 22.7 Å². The van der Waals surface area contributed by atoms with Crippen LogP contribution in [0.2, 0.25) is 0 Å². The van der Waals surface area contributed by atoms with Crippen LogP contribution in [-0.4, -0.2) is 9.97 Å². The second-order valence-corrected chi connectivity index (χ2v) is 4.46. The number of anilines is 1. The molecule has 3 N–H and O–H groups in total. The van der Waals surface area contributed by atoms with Gasteiger partial charge >= 0.3 is 6.18 Å². The average Bonchev–Trinajstić information content (AvgIpc) is 2.38. The number of hydrogen-bond acceptors (Lipinski definition) is 4. The van der Waals surface area contributed by atoms with Crippen molar-refractivity contribution in [2.24, 2.45) is 0 Å². The third kappa shape index (κ3) is 3.48. The molecule has 0 unspecified atom stereocenters. The van der Waals surface area contributed by atoms with Gasteiger partial charge in [-0.25, -0.2) is 9.37 Å². The van der Waals surface area contributed by atoms with Crippen molar-refractivity contribution < 1.29 is 22.3 Å². The molecule has 0 bridgehead atoms. The van der Waals surface area contributed by atoms with E-state index in [1.807, 2.05) is 0 Å². The standard InChI is InChI=1S/C12H9F4N3OS/c13-7-3-1-2-6(9(7)12(14,15)16)5-20-11-10(17)18-4-8(21)19-11/h1-4H,5H2,(H2,17,18)(H,19,21). The van der Waals surface area contributed by atoms with Gasteiger partial charge in [-0.3, -0.25) is 0 Å². The molecule has 0 aliphatic carbocycles. The molecule has 0 radical (unpaired) electrons. The maximum atomic E-state index is 13.4. The van der Waals surface area contributed by atoms with Gasteiger partial charge in [-0.05, 0) is 6.07 Å². The van der Waals surface area contributed by atoms with Crippen LogP contribution in [-0.2, 0) is 12.8 Å². The number of ether oxygens (including phenoxy) is 1. The Hall–Kier alpha value is -2.16. The molecule has 0 aliphatic heterocycles. The molecule has 21 heavy (non-hydrogen) atoms. The number of alkyl halides is 3. The number of nitrogen functional groups attached to an aromatic ring is 1. The third-order valence-corrected chi connectivity index (χ3v) is 2.75. The fraction of sp³-hybridized carbons (Fsp3) is 0.167. The minimum atomic E-state index is -4.82. The highest BCUT2D eigenvalue weighted by atomic mass is 32.1. The van der Waals surface area contributed by atoms with E-state index in [-0.39, 0.29) is 21.9 Å². The Labute approximate surface area is 121 Å². The average molecular weight is 319 g/mol. The smallest absolute Gasteiger partial charge is 0.419 e. The lowest BCUT2D eigenvalue weighted by molar-refractivity contribution is -0.141. The highest BCUT2D eigenvalue weighted by Crippen LogP contribution is 2.34. The molecule has 0 aliphatic rings. The second-order valence-electron chi connectivity index (χ2n) is 4.02. The van der Waals surface area contributed by atoms with Crippen LogP contribution < -0.4 is 10.5 Å². The number of benzene rings is 1. The Balaban J connectivity index is 2.31. The van der Waals surface area contributed by atoms with Crippen LogP contribution in [0.1, 0.15) is 11.1 Å². The molecule has 1 heterocycles. The van der Waals surface area contributed by atoms with Crippen LogP contribution in [0, 0.1) is 10.5 Å². The summed E-state index contributed by atoms with van der Waals surface area (Å²) in [5.41, 5.74) is 3.77. The highest BCUT2D eigenvalue weighted by Gasteiger charge is 2.36. The molecule has 112 valence electrons. The van der Waals surface area contributed by atoms with Crippen molar-refractivity contribution in [2.45, 2.75) is 12.8 Å². The van der Waals surface area contributed by atoms with Crippen LogP contribution in [0.5, 0.6) is 5.88 Å². The number of halogens is 4. The number of H-pyrrole nitrogens is 1. The topological polar surface area (TPSA) is 63.9 Å². The Bertz CT molecular complexity index is 714. The Kier molecular flexibility index (Phi) is 4.12. The van der Waals surface area contributed by atoms with E-state index in [1.165, 1.54) is 6.20 Å². The summed E-state index contributed by atoms with van der Waals surface area (Å²) >= 11 is 4.80. The molecule has 1 aromatic heterocycles. The molecule has 1 aromatic carbocycles. The lowest BCUT2D eigenvalue weighted by Crippen LogP contribution is -2.14. The van der Waals surface area contributed by atoms with Gasteiger partial charge in [-0.15, -0.1) is 0 Å².